The number of carbonyl (C=O) groups is 1. The third-order valence-electron chi connectivity index (χ3n) is 2.55. The lowest BCUT2D eigenvalue weighted by molar-refractivity contribution is -0.385. The number of phenols is 1. The van der Waals surface area contributed by atoms with E-state index in [1.807, 2.05) is 0 Å². The predicted molar refractivity (Wildman–Crippen MR) is 67.1 cm³/mol. The Morgan fingerprint density at radius 2 is 2.30 bits per heavy atom. The van der Waals surface area contributed by atoms with Gasteiger partial charge in [-0.05, 0) is 6.07 Å². The van der Waals surface area contributed by atoms with Gasteiger partial charge in [0.1, 0.15) is 0 Å². The summed E-state index contributed by atoms with van der Waals surface area (Å²) in [5.41, 5.74) is -0.647. The first-order valence-electron chi connectivity index (χ1n) is 5.68. The van der Waals surface area contributed by atoms with E-state index >= 15 is 0 Å². The Balaban J connectivity index is 2.02. The van der Waals surface area contributed by atoms with Gasteiger partial charge in [-0.15, -0.1) is 5.10 Å². The van der Waals surface area contributed by atoms with E-state index in [4.69, 9.17) is 0 Å². The molecule has 0 spiro atoms. The molecule has 9 heteroatoms. The molecule has 1 heterocycles. The lowest BCUT2D eigenvalue weighted by Gasteiger charge is -2.06. The van der Waals surface area contributed by atoms with E-state index < -0.39 is 22.3 Å². The molecule has 0 radical (unpaired) electrons. The van der Waals surface area contributed by atoms with Crippen LogP contribution in [0.25, 0.3) is 0 Å². The third kappa shape index (κ3) is 2.88. The van der Waals surface area contributed by atoms with Crippen molar-refractivity contribution in [3.8, 4) is 5.75 Å². The fourth-order valence-electron chi connectivity index (χ4n) is 1.59. The molecule has 0 atom stereocenters. The maximum Gasteiger partial charge on any atom is 0.311 e. The zero-order valence-corrected chi connectivity index (χ0v) is 10.3. The summed E-state index contributed by atoms with van der Waals surface area (Å²) in [5.74, 6) is -1.23. The van der Waals surface area contributed by atoms with Gasteiger partial charge in [-0.2, -0.15) is 0 Å². The predicted octanol–water partition coefficient (Wildman–Crippen LogP) is 0.322. The van der Waals surface area contributed by atoms with Gasteiger partial charge in [0.25, 0.3) is 5.91 Å². The van der Waals surface area contributed by atoms with Crippen LogP contribution in [0.1, 0.15) is 10.4 Å². The highest BCUT2D eigenvalue weighted by molar-refractivity contribution is 5.98. The van der Waals surface area contributed by atoms with Crippen molar-refractivity contribution in [2.45, 2.75) is 6.54 Å². The van der Waals surface area contributed by atoms with E-state index in [9.17, 15) is 20.0 Å². The highest BCUT2D eigenvalue weighted by Gasteiger charge is 2.20. The van der Waals surface area contributed by atoms with Gasteiger partial charge in [0.05, 0.1) is 23.2 Å². The molecule has 0 fully saturated rings. The van der Waals surface area contributed by atoms with Crippen molar-refractivity contribution in [2.24, 2.45) is 0 Å². The highest BCUT2D eigenvalue weighted by atomic mass is 16.6. The third-order valence-corrected chi connectivity index (χ3v) is 2.55. The molecule has 104 valence electrons. The maximum absolute atomic E-state index is 11.8. The number of hydrogen-bond donors (Lipinski definition) is 2. The number of phenolic OH excluding ortho intramolecular Hbond substituents is 1. The van der Waals surface area contributed by atoms with Crippen molar-refractivity contribution >= 4 is 11.6 Å². The molecular formula is C11H11N5O4. The van der Waals surface area contributed by atoms with Gasteiger partial charge in [0.2, 0.25) is 5.75 Å². The molecule has 0 saturated carbocycles. The molecular weight excluding hydrogens is 266 g/mol. The normalized spacial score (nSPS) is 10.2. The largest absolute Gasteiger partial charge is 0.502 e. The SMILES string of the molecule is O=C(NCCn1ccnn1)c1cccc([N+](=O)[O-])c1O. The minimum Gasteiger partial charge on any atom is -0.502 e. The number of amides is 1. The van der Waals surface area contributed by atoms with Gasteiger partial charge in [-0.1, -0.05) is 11.3 Å². The van der Waals surface area contributed by atoms with Gasteiger partial charge in [0.15, 0.2) is 0 Å². The quantitative estimate of drug-likeness (QED) is 0.599. The van der Waals surface area contributed by atoms with Crippen molar-refractivity contribution in [1.29, 1.82) is 0 Å². The smallest absolute Gasteiger partial charge is 0.311 e. The van der Waals surface area contributed by atoms with Gasteiger partial charge in [-0.3, -0.25) is 19.6 Å². The number of aromatic nitrogens is 3. The van der Waals surface area contributed by atoms with Crippen LogP contribution in [0, 0.1) is 10.1 Å². The fourth-order valence-corrected chi connectivity index (χ4v) is 1.59. The summed E-state index contributed by atoms with van der Waals surface area (Å²) in [6.07, 6.45) is 3.14. The fraction of sp³-hybridized carbons (Fsp3) is 0.182. The summed E-state index contributed by atoms with van der Waals surface area (Å²) < 4.78 is 1.52. The Kier molecular flexibility index (Phi) is 3.89. The van der Waals surface area contributed by atoms with Crippen molar-refractivity contribution in [3.63, 3.8) is 0 Å². The number of nitrogens with one attached hydrogen (secondary N) is 1. The lowest BCUT2D eigenvalue weighted by atomic mass is 10.1. The van der Waals surface area contributed by atoms with E-state index in [0.717, 1.165) is 6.07 Å². The molecule has 2 N–H and O–H groups in total. The first-order chi connectivity index (χ1) is 9.59. The Hall–Kier alpha value is -2.97. The van der Waals surface area contributed by atoms with E-state index in [1.165, 1.54) is 23.0 Å². The average Bonchev–Trinajstić information content (AvgIpc) is 2.91. The second kappa shape index (κ2) is 5.78. The van der Waals surface area contributed by atoms with Crippen LogP contribution in [-0.4, -0.2) is 37.5 Å². The van der Waals surface area contributed by atoms with Crippen LogP contribution in [0.15, 0.2) is 30.6 Å². The zero-order chi connectivity index (χ0) is 14.5. The standard InChI is InChI=1S/C11H11N5O4/c17-10-8(2-1-3-9(10)16(19)20)11(18)12-4-6-15-7-5-13-14-15/h1-3,5,7,17H,4,6H2,(H,12,18). The molecule has 9 nitrogen and oxygen atoms in total. The average molecular weight is 277 g/mol. The van der Waals surface area contributed by atoms with Crippen LogP contribution in [-0.2, 0) is 6.54 Å². The Labute approximate surface area is 113 Å². The summed E-state index contributed by atoms with van der Waals surface area (Å²) in [5, 5.41) is 30.2. The molecule has 2 rings (SSSR count). The van der Waals surface area contributed by atoms with E-state index in [-0.39, 0.29) is 12.1 Å². The maximum atomic E-state index is 11.8. The number of nitro groups is 1. The molecule has 1 aromatic carbocycles. The van der Waals surface area contributed by atoms with Crippen LogP contribution < -0.4 is 5.32 Å². The van der Waals surface area contributed by atoms with Crippen molar-refractivity contribution in [1.82, 2.24) is 20.3 Å². The van der Waals surface area contributed by atoms with Crippen LogP contribution in [0.5, 0.6) is 5.75 Å². The molecule has 0 aliphatic carbocycles. The molecule has 1 amide bonds. The number of rotatable bonds is 5. The monoisotopic (exact) mass is 277 g/mol. The van der Waals surface area contributed by atoms with Gasteiger partial charge < -0.3 is 10.4 Å². The minimum atomic E-state index is -0.748. The first-order valence-corrected chi connectivity index (χ1v) is 5.68. The van der Waals surface area contributed by atoms with Crippen LogP contribution >= 0.6 is 0 Å². The zero-order valence-electron chi connectivity index (χ0n) is 10.3. The molecule has 0 aliphatic rings. The summed E-state index contributed by atoms with van der Waals surface area (Å²) in [6, 6.07) is 3.78. The molecule has 0 saturated heterocycles. The highest BCUT2D eigenvalue weighted by Crippen LogP contribution is 2.28. The lowest BCUT2D eigenvalue weighted by Crippen LogP contribution is -2.27. The first kappa shape index (κ1) is 13.5. The van der Waals surface area contributed by atoms with E-state index in [0.29, 0.717) is 6.54 Å². The number of nitro benzene ring substituents is 1. The number of para-hydroxylation sites is 1. The Morgan fingerprint density at radius 1 is 1.50 bits per heavy atom. The number of benzene rings is 1. The number of carbonyl (C=O) groups excluding carboxylic acids is 1. The summed E-state index contributed by atoms with van der Waals surface area (Å²) in [7, 11) is 0. The number of hydrogen-bond acceptors (Lipinski definition) is 6. The number of nitrogens with zero attached hydrogens (tertiary/aromatic N) is 4. The van der Waals surface area contributed by atoms with Crippen molar-refractivity contribution in [2.75, 3.05) is 6.54 Å². The summed E-state index contributed by atoms with van der Waals surface area (Å²) in [6.45, 7) is 0.658. The van der Waals surface area contributed by atoms with Crippen molar-refractivity contribution in [3.05, 3.63) is 46.3 Å². The Morgan fingerprint density at radius 3 is 2.95 bits per heavy atom. The van der Waals surface area contributed by atoms with Crippen LogP contribution in [0.3, 0.4) is 0 Å². The molecule has 20 heavy (non-hydrogen) atoms. The van der Waals surface area contributed by atoms with Gasteiger partial charge in [0, 0.05) is 18.8 Å². The minimum absolute atomic E-state index is 0.141. The van der Waals surface area contributed by atoms with Crippen LogP contribution in [0.2, 0.25) is 0 Å². The second-order valence-corrected chi connectivity index (χ2v) is 3.85. The van der Waals surface area contributed by atoms with E-state index in [2.05, 4.69) is 15.6 Å². The molecule has 2 aromatic rings. The van der Waals surface area contributed by atoms with Crippen molar-refractivity contribution < 1.29 is 14.8 Å². The molecule has 0 unspecified atom stereocenters. The number of aromatic hydroxyl groups is 1. The van der Waals surface area contributed by atoms with Crippen LogP contribution in [0.4, 0.5) is 5.69 Å². The van der Waals surface area contributed by atoms with E-state index in [1.54, 1.807) is 6.20 Å². The summed E-state index contributed by atoms with van der Waals surface area (Å²) in [4.78, 5) is 21.7. The summed E-state index contributed by atoms with van der Waals surface area (Å²) >= 11 is 0. The van der Waals surface area contributed by atoms with Gasteiger partial charge >= 0.3 is 5.69 Å². The topological polar surface area (TPSA) is 123 Å². The molecule has 1 aromatic heterocycles. The van der Waals surface area contributed by atoms with Gasteiger partial charge in [-0.25, -0.2) is 0 Å². The Bertz CT molecular complexity index is 626. The second-order valence-electron chi connectivity index (χ2n) is 3.85. The molecule has 0 bridgehead atoms. The molecule has 0 aliphatic heterocycles.